The molecule has 0 aromatic rings. The van der Waals surface area contributed by atoms with Crippen molar-refractivity contribution < 1.29 is 9.84 Å². The molecular formula is C13H22O2. The van der Waals surface area contributed by atoms with Gasteiger partial charge < -0.3 is 9.84 Å². The third-order valence-electron chi connectivity index (χ3n) is 3.41. The number of hydrogen-bond donors (Lipinski definition) is 1. The molecule has 1 N–H and O–H groups in total. The van der Waals surface area contributed by atoms with Crippen LogP contribution in [-0.2, 0) is 4.74 Å². The van der Waals surface area contributed by atoms with Crippen LogP contribution in [0.2, 0.25) is 0 Å². The van der Waals surface area contributed by atoms with E-state index in [1.165, 1.54) is 12.8 Å². The number of ether oxygens (including phenoxy) is 1. The molecule has 0 radical (unpaired) electrons. The SMILES string of the molecule is CC(C)(C)C=C[C@H](O)[C@@]12CCCCC1O2. The molecule has 2 nitrogen and oxygen atoms in total. The van der Waals surface area contributed by atoms with Crippen molar-refractivity contribution in [1.29, 1.82) is 0 Å². The molecule has 1 saturated heterocycles. The maximum atomic E-state index is 10.1. The van der Waals surface area contributed by atoms with Crippen molar-refractivity contribution >= 4 is 0 Å². The minimum Gasteiger partial charge on any atom is -0.386 e. The van der Waals surface area contributed by atoms with Gasteiger partial charge in [0.25, 0.3) is 0 Å². The van der Waals surface area contributed by atoms with E-state index >= 15 is 0 Å². The molecule has 1 heterocycles. The zero-order valence-corrected chi connectivity index (χ0v) is 9.99. The normalized spacial score (nSPS) is 37.7. The van der Waals surface area contributed by atoms with Crippen LogP contribution in [0.25, 0.3) is 0 Å². The predicted molar refractivity (Wildman–Crippen MR) is 60.7 cm³/mol. The van der Waals surface area contributed by atoms with Crippen LogP contribution in [0.1, 0.15) is 46.5 Å². The molecule has 0 aromatic carbocycles. The van der Waals surface area contributed by atoms with Crippen molar-refractivity contribution in [3.05, 3.63) is 12.2 Å². The first-order valence-electron chi connectivity index (χ1n) is 5.99. The Hall–Kier alpha value is -0.340. The van der Waals surface area contributed by atoms with Crippen LogP contribution < -0.4 is 0 Å². The summed E-state index contributed by atoms with van der Waals surface area (Å²) in [6, 6.07) is 0. The molecule has 2 aliphatic rings. The Bertz CT molecular complexity index is 264. The van der Waals surface area contributed by atoms with Gasteiger partial charge in [-0.25, -0.2) is 0 Å². The molecule has 1 aliphatic heterocycles. The highest BCUT2D eigenvalue weighted by Crippen LogP contribution is 2.50. The van der Waals surface area contributed by atoms with E-state index in [9.17, 15) is 5.11 Å². The maximum Gasteiger partial charge on any atom is 0.124 e. The smallest absolute Gasteiger partial charge is 0.124 e. The molecule has 1 saturated carbocycles. The summed E-state index contributed by atoms with van der Waals surface area (Å²) in [5.74, 6) is 0. The molecule has 86 valence electrons. The van der Waals surface area contributed by atoms with Gasteiger partial charge in [-0.05, 0) is 18.3 Å². The molecule has 0 aromatic heterocycles. The lowest BCUT2D eigenvalue weighted by atomic mass is 9.84. The van der Waals surface area contributed by atoms with E-state index < -0.39 is 6.10 Å². The van der Waals surface area contributed by atoms with Crippen LogP contribution in [0.15, 0.2) is 12.2 Å². The second-order valence-electron chi connectivity index (χ2n) is 5.98. The molecule has 2 fully saturated rings. The van der Waals surface area contributed by atoms with Crippen molar-refractivity contribution in [3.8, 4) is 0 Å². The highest BCUT2D eigenvalue weighted by Gasteiger charge is 2.60. The predicted octanol–water partition coefficient (Wildman–Crippen LogP) is 2.66. The van der Waals surface area contributed by atoms with Gasteiger partial charge in [-0.2, -0.15) is 0 Å². The zero-order chi connectivity index (χ0) is 11.1. The molecule has 2 rings (SSSR count). The van der Waals surface area contributed by atoms with E-state index in [2.05, 4.69) is 26.8 Å². The van der Waals surface area contributed by atoms with E-state index in [1.54, 1.807) is 0 Å². The fourth-order valence-electron chi connectivity index (χ4n) is 2.44. The highest BCUT2D eigenvalue weighted by atomic mass is 16.6. The lowest BCUT2D eigenvalue weighted by Gasteiger charge is -2.21. The van der Waals surface area contributed by atoms with Gasteiger partial charge in [0.1, 0.15) is 11.7 Å². The number of allylic oxidation sites excluding steroid dienone is 1. The number of hydrogen-bond acceptors (Lipinski definition) is 2. The van der Waals surface area contributed by atoms with Crippen molar-refractivity contribution in [2.75, 3.05) is 0 Å². The Morgan fingerprint density at radius 2 is 2.13 bits per heavy atom. The summed E-state index contributed by atoms with van der Waals surface area (Å²) in [7, 11) is 0. The summed E-state index contributed by atoms with van der Waals surface area (Å²) in [5, 5.41) is 10.1. The molecule has 0 bridgehead atoms. The third kappa shape index (κ3) is 2.26. The van der Waals surface area contributed by atoms with Crippen LogP contribution >= 0.6 is 0 Å². The van der Waals surface area contributed by atoms with Crippen molar-refractivity contribution in [2.24, 2.45) is 5.41 Å². The van der Waals surface area contributed by atoms with E-state index in [0.717, 1.165) is 12.8 Å². The second-order valence-corrected chi connectivity index (χ2v) is 5.98. The van der Waals surface area contributed by atoms with Gasteiger partial charge in [0.05, 0.1) is 6.10 Å². The lowest BCUT2D eigenvalue weighted by Crippen LogP contribution is -2.33. The fraction of sp³-hybridized carbons (Fsp3) is 0.846. The summed E-state index contributed by atoms with van der Waals surface area (Å²) in [6.45, 7) is 6.42. The van der Waals surface area contributed by atoms with Gasteiger partial charge >= 0.3 is 0 Å². The average molecular weight is 210 g/mol. The minimum atomic E-state index is -0.415. The molecular weight excluding hydrogens is 188 g/mol. The van der Waals surface area contributed by atoms with E-state index in [-0.39, 0.29) is 11.0 Å². The molecule has 0 spiro atoms. The van der Waals surface area contributed by atoms with Gasteiger partial charge in [0.2, 0.25) is 0 Å². The van der Waals surface area contributed by atoms with Gasteiger partial charge in [0, 0.05) is 0 Å². The Balaban J connectivity index is 1.97. The third-order valence-corrected chi connectivity index (χ3v) is 3.41. The number of rotatable bonds is 2. The topological polar surface area (TPSA) is 32.8 Å². The largest absolute Gasteiger partial charge is 0.386 e. The second kappa shape index (κ2) is 3.60. The first-order valence-corrected chi connectivity index (χ1v) is 5.99. The molecule has 0 amide bonds. The van der Waals surface area contributed by atoms with Gasteiger partial charge in [-0.3, -0.25) is 0 Å². The Morgan fingerprint density at radius 3 is 2.73 bits per heavy atom. The number of epoxide rings is 1. The van der Waals surface area contributed by atoms with Crippen LogP contribution in [0.3, 0.4) is 0 Å². The molecule has 2 heteroatoms. The Morgan fingerprint density at radius 1 is 1.40 bits per heavy atom. The first-order chi connectivity index (χ1) is 6.94. The molecule has 1 aliphatic carbocycles. The van der Waals surface area contributed by atoms with Crippen LogP contribution in [-0.4, -0.2) is 22.9 Å². The first kappa shape index (κ1) is 11.2. The van der Waals surface area contributed by atoms with Crippen LogP contribution in [0.4, 0.5) is 0 Å². The number of fused-ring (bicyclic) bond motifs is 1. The summed E-state index contributed by atoms with van der Waals surface area (Å²) >= 11 is 0. The molecule has 15 heavy (non-hydrogen) atoms. The summed E-state index contributed by atoms with van der Waals surface area (Å²) in [6.07, 6.45) is 8.51. The molecule has 3 atom stereocenters. The fourth-order valence-corrected chi connectivity index (χ4v) is 2.44. The summed E-state index contributed by atoms with van der Waals surface area (Å²) in [5.41, 5.74) is -0.0727. The Labute approximate surface area is 92.3 Å². The minimum absolute atomic E-state index is 0.136. The van der Waals surface area contributed by atoms with Crippen molar-refractivity contribution in [1.82, 2.24) is 0 Å². The molecule has 1 unspecified atom stereocenters. The van der Waals surface area contributed by atoms with E-state index in [0.29, 0.717) is 6.10 Å². The number of aliphatic hydroxyl groups is 1. The Kier molecular flexibility index (Phi) is 2.68. The monoisotopic (exact) mass is 210 g/mol. The quantitative estimate of drug-likeness (QED) is 0.561. The van der Waals surface area contributed by atoms with Crippen LogP contribution in [0.5, 0.6) is 0 Å². The lowest BCUT2D eigenvalue weighted by molar-refractivity contribution is 0.103. The van der Waals surface area contributed by atoms with Gasteiger partial charge in [0.15, 0.2) is 0 Å². The summed E-state index contributed by atoms with van der Waals surface area (Å²) in [4.78, 5) is 0. The standard InChI is InChI=1S/C13H22O2/c1-12(2,3)9-7-10(14)13-8-5-4-6-11(13)15-13/h7,9-11,14H,4-6,8H2,1-3H3/t10-,11?,13-/m0/s1. The maximum absolute atomic E-state index is 10.1. The van der Waals surface area contributed by atoms with Crippen LogP contribution in [0, 0.1) is 5.41 Å². The van der Waals surface area contributed by atoms with E-state index in [4.69, 9.17) is 4.74 Å². The van der Waals surface area contributed by atoms with Gasteiger partial charge in [-0.15, -0.1) is 0 Å². The van der Waals surface area contributed by atoms with E-state index in [1.807, 2.05) is 6.08 Å². The van der Waals surface area contributed by atoms with Crippen molar-refractivity contribution in [2.45, 2.75) is 64.3 Å². The zero-order valence-electron chi connectivity index (χ0n) is 9.99. The highest BCUT2D eigenvalue weighted by molar-refractivity contribution is 5.16. The average Bonchev–Trinajstić information content (AvgIpc) is 2.88. The van der Waals surface area contributed by atoms with Crippen molar-refractivity contribution in [3.63, 3.8) is 0 Å². The summed E-state index contributed by atoms with van der Waals surface area (Å²) < 4.78 is 5.69. The van der Waals surface area contributed by atoms with Gasteiger partial charge in [-0.1, -0.05) is 45.8 Å². The number of aliphatic hydroxyl groups excluding tert-OH is 1.